The van der Waals surface area contributed by atoms with Crippen LogP contribution < -0.4 is 0 Å². The first kappa shape index (κ1) is 26.1. The fourth-order valence-electron chi connectivity index (χ4n) is 3.94. The number of ether oxygens (including phenoxy) is 2. The van der Waals surface area contributed by atoms with Gasteiger partial charge in [0.05, 0.1) is 0 Å². The minimum atomic E-state index is -0.314. The van der Waals surface area contributed by atoms with Crippen LogP contribution in [0.1, 0.15) is 94.5 Å². The van der Waals surface area contributed by atoms with Gasteiger partial charge < -0.3 is 9.47 Å². The number of unbranched alkanes of at least 4 members (excludes halogenated alkanes) is 8. The van der Waals surface area contributed by atoms with Crippen LogP contribution in [-0.2, 0) is 9.47 Å². The second kappa shape index (κ2) is 16.5. The molecule has 0 bridgehead atoms. The molecule has 0 saturated carbocycles. The molecule has 32 heavy (non-hydrogen) atoms. The topological polar surface area (TPSA) is 18.5 Å². The Morgan fingerprint density at radius 3 is 1.44 bits per heavy atom. The lowest BCUT2D eigenvalue weighted by Crippen LogP contribution is -2.22. The van der Waals surface area contributed by atoms with Gasteiger partial charge in [0.2, 0.25) is 0 Å². The summed E-state index contributed by atoms with van der Waals surface area (Å²) in [4.78, 5) is 0. The van der Waals surface area contributed by atoms with Crippen LogP contribution in [0.2, 0.25) is 0 Å². The molecular formula is C30H42O2. The molecular weight excluding hydrogens is 392 g/mol. The summed E-state index contributed by atoms with van der Waals surface area (Å²) in [5.41, 5.74) is 2.19. The van der Waals surface area contributed by atoms with E-state index in [1.807, 2.05) is 48.6 Å². The average Bonchev–Trinajstić information content (AvgIpc) is 2.85. The van der Waals surface area contributed by atoms with Crippen LogP contribution >= 0.6 is 0 Å². The van der Waals surface area contributed by atoms with Gasteiger partial charge in [-0.25, -0.2) is 0 Å². The van der Waals surface area contributed by atoms with Gasteiger partial charge >= 0.3 is 0 Å². The Labute approximate surface area is 196 Å². The quantitative estimate of drug-likeness (QED) is 0.132. The van der Waals surface area contributed by atoms with Crippen molar-refractivity contribution in [1.29, 1.82) is 0 Å². The largest absolute Gasteiger partial charge is 0.341 e. The second-order valence-electron chi connectivity index (χ2n) is 8.45. The highest BCUT2D eigenvalue weighted by molar-refractivity contribution is 5.22. The van der Waals surface area contributed by atoms with Gasteiger partial charge in [-0.3, -0.25) is 0 Å². The van der Waals surface area contributed by atoms with Crippen LogP contribution in [0.5, 0.6) is 0 Å². The smallest absolute Gasteiger partial charge is 0.160 e. The molecule has 0 heterocycles. The van der Waals surface area contributed by atoms with E-state index in [1.54, 1.807) is 0 Å². The zero-order valence-corrected chi connectivity index (χ0v) is 20.0. The zero-order chi connectivity index (χ0) is 22.9. The van der Waals surface area contributed by atoms with Gasteiger partial charge in [0.1, 0.15) is 12.2 Å². The number of rotatable bonds is 18. The number of benzene rings is 2. The lowest BCUT2D eigenvalue weighted by molar-refractivity contribution is -0.183. The first-order chi connectivity index (χ1) is 15.8. The van der Waals surface area contributed by atoms with Gasteiger partial charge in [0.25, 0.3) is 0 Å². The number of hydrogen-bond donors (Lipinski definition) is 0. The molecule has 0 fully saturated rings. The summed E-state index contributed by atoms with van der Waals surface area (Å²) in [5.74, 6) is 0. The minimum absolute atomic E-state index is 0.194. The molecule has 0 aromatic heterocycles. The van der Waals surface area contributed by atoms with Crippen LogP contribution in [0.3, 0.4) is 0 Å². The van der Waals surface area contributed by atoms with Crippen molar-refractivity contribution >= 4 is 0 Å². The zero-order valence-electron chi connectivity index (χ0n) is 20.0. The minimum Gasteiger partial charge on any atom is -0.341 e. The van der Waals surface area contributed by atoms with E-state index < -0.39 is 0 Å². The van der Waals surface area contributed by atoms with Crippen LogP contribution in [0.4, 0.5) is 0 Å². The van der Waals surface area contributed by atoms with Gasteiger partial charge in [0.15, 0.2) is 6.29 Å². The van der Waals surface area contributed by atoms with Gasteiger partial charge in [-0.05, 0) is 24.0 Å². The van der Waals surface area contributed by atoms with Crippen LogP contribution in [-0.4, -0.2) is 6.29 Å². The number of hydrogen-bond acceptors (Lipinski definition) is 2. The molecule has 0 aliphatic carbocycles. The predicted octanol–water partition coefficient (Wildman–Crippen LogP) is 9.12. The van der Waals surface area contributed by atoms with Crippen LogP contribution in [0, 0.1) is 0 Å². The monoisotopic (exact) mass is 434 g/mol. The third-order valence-electron chi connectivity index (χ3n) is 5.82. The Bertz CT molecular complexity index is 672. The van der Waals surface area contributed by atoms with E-state index in [4.69, 9.17) is 9.47 Å². The Balaban J connectivity index is 1.91. The standard InChI is InChI=1S/C30H42O2/c1-4-7-8-9-10-11-12-13-20-25-30(31-28(5-2)26-21-16-14-17-22-26)32-29(6-3)27-23-18-15-19-24-27/h5-6,14-19,21-24,28-30H,2-4,7-13,20,25H2,1H3. The lowest BCUT2D eigenvalue weighted by atomic mass is 10.1. The van der Waals surface area contributed by atoms with Gasteiger partial charge in [-0.2, -0.15) is 0 Å². The van der Waals surface area contributed by atoms with Crippen molar-refractivity contribution < 1.29 is 9.47 Å². The predicted molar refractivity (Wildman–Crippen MR) is 137 cm³/mol. The fourth-order valence-corrected chi connectivity index (χ4v) is 3.94. The van der Waals surface area contributed by atoms with Gasteiger partial charge in [-0.15, -0.1) is 13.2 Å². The maximum Gasteiger partial charge on any atom is 0.160 e. The Kier molecular flexibility index (Phi) is 13.4. The summed E-state index contributed by atoms with van der Waals surface area (Å²) < 4.78 is 12.8. The molecule has 2 heteroatoms. The first-order valence-electron chi connectivity index (χ1n) is 12.4. The lowest BCUT2D eigenvalue weighted by Gasteiger charge is -2.27. The molecule has 0 aliphatic heterocycles. The first-order valence-corrected chi connectivity index (χ1v) is 12.4. The molecule has 174 valence electrons. The molecule has 0 radical (unpaired) electrons. The van der Waals surface area contributed by atoms with Crippen molar-refractivity contribution in [3.8, 4) is 0 Å². The van der Waals surface area contributed by atoms with E-state index in [0.717, 1.165) is 24.0 Å². The van der Waals surface area contributed by atoms with E-state index in [2.05, 4.69) is 44.3 Å². The molecule has 0 aliphatic rings. The van der Waals surface area contributed by atoms with E-state index in [0.29, 0.717) is 0 Å². The maximum atomic E-state index is 6.42. The fraction of sp³-hybridized carbons (Fsp3) is 0.467. The van der Waals surface area contributed by atoms with Crippen molar-refractivity contribution in [2.75, 3.05) is 0 Å². The summed E-state index contributed by atoms with van der Waals surface area (Å²) in [6, 6.07) is 20.4. The summed E-state index contributed by atoms with van der Waals surface area (Å²) in [5, 5.41) is 0. The maximum absolute atomic E-state index is 6.42. The summed E-state index contributed by atoms with van der Waals surface area (Å²) >= 11 is 0. The molecule has 2 aromatic rings. The average molecular weight is 435 g/mol. The van der Waals surface area contributed by atoms with Crippen LogP contribution in [0.25, 0.3) is 0 Å². The Hall–Kier alpha value is -2.16. The Morgan fingerprint density at radius 1 is 0.625 bits per heavy atom. The van der Waals surface area contributed by atoms with Gasteiger partial charge in [0, 0.05) is 0 Å². The summed E-state index contributed by atoms with van der Waals surface area (Å²) in [6.07, 6.45) is 15.6. The molecule has 0 N–H and O–H groups in total. The van der Waals surface area contributed by atoms with E-state index >= 15 is 0 Å². The summed E-state index contributed by atoms with van der Waals surface area (Å²) in [6.45, 7) is 10.3. The van der Waals surface area contributed by atoms with Crippen molar-refractivity contribution in [2.24, 2.45) is 0 Å². The van der Waals surface area contributed by atoms with Gasteiger partial charge in [-0.1, -0.05) is 131 Å². The van der Waals surface area contributed by atoms with E-state index in [-0.39, 0.29) is 18.5 Å². The van der Waals surface area contributed by atoms with E-state index in [9.17, 15) is 0 Å². The molecule has 2 aromatic carbocycles. The molecule has 2 rings (SSSR count). The summed E-state index contributed by atoms with van der Waals surface area (Å²) in [7, 11) is 0. The van der Waals surface area contributed by atoms with Crippen molar-refractivity contribution in [3.05, 3.63) is 97.1 Å². The molecule has 0 saturated heterocycles. The molecule has 0 amide bonds. The van der Waals surface area contributed by atoms with Crippen LogP contribution in [0.15, 0.2) is 86.0 Å². The molecule has 2 atom stereocenters. The third-order valence-corrected chi connectivity index (χ3v) is 5.82. The van der Waals surface area contributed by atoms with E-state index in [1.165, 1.54) is 51.4 Å². The Morgan fingerprint density at radius 2 is 1.03 bits per heavy atom. The van der Waals surface area contributed by atoms with Crippen molar-refractivity contribution in [3.63, 3.8) is 0 Å². The molecule has 2 nitrogen and oxygen atoms in total. The highest BCUT2D eigenvalue weighted by Crippen LogP contribution is 2.28. The highest BCUT2D eigenvalue weighted by Gasteiger charge is 2.20. The highest BCUT2D eigenvalue weighted by atomic mass is 16.7. The SMILES string of the molecule is C=CC(OC(CCCCCCCCCCC)OC(C=C)c1ccccc1)c1ccccc1. The normalized spacial score (nSPS) is 13.9. The van der Waals surface area contributed by atoms with Crippen molar-refractivity contribution in [2.45, 2.75) is 89.6 Å². The molecule has 2 unspecified atom stereocenters. The third kappa shape index (κ3) is 9.97. The van der Waals surface area contributed by atoms with Crippen molar-refractivity contribution in [1.82, 2.24) is 0 Å². The second-order valence-corrected chi connectivity index (χ2v) is 8.45. The molecule has 0 spiro atoms.